The first-order chi connectivity index (χ1) is 7.95. The molecule has 3 N–H and O–H groups in total. The lowest BCUT2D eigenvalue weighted by atomic mass is 9.82. The van der Waals surface area contributed by atoms with Crippen molar-refractivity contribution in [2.45, 2.75) is 58.6 Å². The van der Waals surface area contributed by atoms with Crippen LogP contribution in [0.15, 0.2) is 0 Å². The zero-order valence-corrected chi connectivity index (χ0v) is 11.9. The molecule has 0 bridgehead atoms. The number of hydrogen-bond donors (Lipinski definition) is 3. The number of nitrogens with one attached hydrogen (secondary N) is 2. The van der Waals surface area contributed by atoms with Crippen molar-refractivity contribution < 1.29 is 5.11 Å². The van der Waals surface area contributed by atoms with Gasteiger partial charge in [0.2, 0.25) is 0 Å². The van der Waals surface area contributed by atoms with Gasteiger partial charge in [-0.2, -0.15) is 0 Å². The van der Waals surface area contributed by atoms with Gasteiger partial charge in [-0.15, -0.1) is 0 Å². The molecule has 1 fully saturated rings. The lowest BCUT2D eigenvalue weighted by Gasteiger charge is -2.39. The topological polar surface area (TPSA) is 44.3 Å². The highest BCUT2D eigenvalue weighted by Gasteiger charge is 2.34. The maximum Gasteiger partial charge on any atom is 0.0895 e. The second-order valence-electron chi connectivity index (χ2n) is 6.19. The van der Waals surface area contributed by atoms with Crippen LogP contribution in [0, 0.1) is 11.8 Å². The molecule has 0 aromatic heterocycles. The van der Waals surface area contributed by atoms with Gasteiger partial charge in [-0.05, 0) is 44.7 Å². The summed E-state index contributed by atoms with van der Waals surface area (Å²) in [5.74, 6) is 1.41. The van der Waals surface area contributed by atoms with Gasteiger partial charge >= 0.3 is 0 Å². The molecule has 0 aromatic carbocycles. The zero-order valence-electron chi connectivity index (χ0n) is 11.9. The van der Waals surface area contributed by atoms with Crippen molar-refractivity contribution in [2.75, 3.05) is 19.6 Å². The van der Waals surface area contributed by atoms with E-state index >= 15 is 0 Å². The van der Waals surface area contributed by atoms with Gasteiger partial charge in [0.25, 0.3) is 0 Å². The maximum atomic E-state index is 10.5. The Hall–Kier alpha value is -0.120. The summed E-state index contributed by atoms with van der Waals surface area (Å²) >= 11 is 0. The summed E-state index contributed by atoms with van der Waals surface area (Å²) in [6.45, 7) is 11.3. The first kappa shape index (κ1) is 14.9. The second kappa shape index (κ2) is 6.72. The minimum atomic E-state index is -0.636. The van der Waals surface area contributed by atoms with Gasteiger partial charge in [-0.1, -0.05) is 27.2 Å². The lowest BCUT2D eigenvalue weighted by molar-refractivity contribution is 0.00183. The van der Waals surface area contributed by atoms with Crippen LogP contribution in [0.25, 0.3) is 0 Å². The van der Waals surface area contributed by atoms with E-state index in [0.717, 1.165) is 25.4 Å². The Labute approximate surface area is 106 Å². The second-order valence-corrected chi connectivity index (χ2v) is 6.19. The van der Waals surface area contributed by atoms with Crippen molar-refractivity contribution in [3.63, 3.8) is 0 Å². The average molecular weight is 242 g/mol. The van der Waals surface area contributed by atoms with Gasteiger partial charge < -0.3 is 15.7 Å². The standard InChI is InChI=1S/C14H30N2O/c1-5-12-6-7-16-13(8-12)14(4,17)10-15-9-11(2)3/h11-13,15-17H,5-10H2,1-4H3. The van der Waals surface area contributed by atoms with Crippen molar-refractivity contribution >= 4 is 0 Å². The van der Waals surface area contributed by atoms with E-state index in [1.807, 2.05) is 6.92 Å². The Bertz CT molecular complexity index is 216. The fraction of sp³-hybridized carbons (Fsp3) is 1.00. The number of aliphatic hydroxyl groups is 1. The third-order valence-corrected chi connectivity index (χ3v) is 3.88. The van der Waals surface area contributed by atoms with Gasteiger partial charge in [0.05, 0.1) is 5.60 Å². The molecule has 0 radical (unpaired) electrons. The van der Waals surface area contributed by atoms with E-state index in [2.05, 4.69) is 31.4 Å². The van der Waals surface area contributed by atoms with E-state index in [1.165, 1.54) is 12.8 Å². The van der Waals surface area contributed by atoms with Crippen LogP contribution in [0.5, 0.6) is 0 Å². The first-order valence-electron chi connectivity index (χ1n) is 7.12. The van der Waals surface area contributed by atoms with Gasteiger partial charge in [-0.3, -0.25) is 0 Å². The summed E-state index contributed by atoms with van der Waals surface area (Å²) < 4.78 is 0. The Morgan fingerprint density at radius 2 is 2.18 bits per heavy atom. The summed E-state index contributed by atoms with van der Waals surface area (Å²) in [5, 5.41) is 17.4. The Morgan fingerprint density at radius 3 is 2.76 bits per heavy atom. The molecule has 3 unspecified atom stereocenters. The summed E-state index contributed by atoms with van der Waals surface area (Å²) in [6, 6.07) is 0.237. The average Bonchev–Trinajstić information content (AvgIpc) is 2.28. The van der Waals surface area contributed by atoms with E-state index in [4.69, 9.17) is 0 Å². The molecular formula is C14H30N2O. The number of piperidine rings is 1. The van der Waals surface area contributed by atoms with Crippen LogP contribution in [0.1, 0.15) is 47.0 Å². The van der Waals surface area contributed by atoms with E-state index in [-0.39, 0.29) is 6.04 Å². The van der Waals surface area contributed by atoms with Crippen LogP contribution in [0.3, 0.4) is 0 Å². The molecule has 17 heavy (non-hydrogen) atoms. The first-order valence-corrected chi connectivity index (χ1v) is 7.12. The van der Waals surface area contributed by atoms with Gasteiger partial charge in [0.1, 0.15) is 0 Å². The van der Waals surface area contributed by atoms with E-state index in [0.29, 0.717) is 12.5 Å². The van der Waals surface area contributed by atoms with Crippen LogP contribution in [-0.2, 0) is 0 Å². The maximum absolute atomic E-state index is 10.5. The molecule has 0 saturated carbocycles. The Balaban J connectivity index is 2.39. The fourth-order valence-electron chi connectivity index (χ4n) is 2.58. The minimum Gasteiger partial charge on any atom is -0.387 e. The Morgan fingerprint density at radius 1 is 1.47 bits per heavy atom. The van der Waals surface area contributed by atoms with Crippen LogP contribution in [0.4, 0.5) is 0 Å². The highest BCUT2D eigenvalue weighted by molar-refractivity contribution is 4.93. The molecule has 1 heterocycles. The number of rotatable bonds is 6. The summed E-state index contributed by atoms with van der Waals surface area (Å²) in [7, 11) is 0. The SMILES string of the molecule is CCC1CCNC(C(C)(O)CNCC(C)C)C1. The van der Waals surface area contributed by atoms with Crippen molar-refractivity contribution in [1.82, 2.24) is 10.6 Å². The molecule has 0 aliphatic carbocycles. The van der Waals surface area contributed by atoms with E-state index in [9.17, 15) is 5.11 Å². The van der Waals surface area contributed by atoms with Crippen LogP contribution in [0.2, 0.25) is 0 Å². The predicted molar refractivity (Wildman–Crippen MR) is 73.1 cm³/mol. The smallest absolute Gasteiger partial charge is 0.0895 e. The van der Waals surface area contributed by atoms with Crippen molar-refractivity contribution in [2.24, 2.45) is 11.8 Å². The quantitative estimate of drug-likeness (QED) is 0.665. The fourth-order valence-corrected chi connectivity index (χ4v) is 2.58. The van der Waals surface area contributed by atoms with Crippen LogP contribution < -0.4 is 10.6 Å². The Kier molecular flexibility index (Phi) is 5.90. The summed E-state index contributed by atoms with van der Waals surface area (Å²) in [5.41, 5.74) is -0.636. The molecule has 1 aliphatic rings. The molecule has 3 heteroatoms. The van der Waals surface area contributed by atoms with Crippen molar-refractivity contribution in [1.29, 1.82) is 0 Å². The van der Waals surface area contributed by atoms with Crippen LogP contribution in [-0.4, -0.2) is 36.4 Å². The normalized spacial score (nSPS) is 29.3. The predicted octanol–water partition coefficient (Wildman–Crippen LogP) is 1.76. The molecule has 3 nitrogen and oxygen atoms in total. The monoisotopic (exact) mass is 242 g/mol. The largest absolute Gasteiger partial charge is 0.387 e. The van der Waals surface area contributed by atoms with Gasteiger partial charge in [0.15, 0.2) is 0 Å². The molecule has 1 saturated heterocycles. The van der Waals surface area contributed by atoms with Gasteiger partial charge in [-0.25, -0.2) is 0 Å². The summed E-state index contributed by atoms with van der Waals surface area (Å²) in [4.78, 5) is 0. The molecule has 3 atom stereocenters. The highest BCUT2D eigenvalue weighted by Crippen LogP contribution is 2.25. The van der Waals surface area contributed by atoms with Crippen molar-refractivity contribution in [3.05, 3.63) is 0 Å². The number of hydrogen-bond acceptors (Lipinski definition) is 3. The summed E-state index contributed by atoms with van der Waals surface area (Å²) in [6.07, 6.45) is 3.59. The van der Waals surface area contributed by atoms with Crippen LogP contribution >= 0.6 is 0 Å². The molecular weight excluding hydrogens is 212 g/mol. The molecule has 102 valence electrons. The zero-order chi connectivity index (χ0) is 12.9. The molecule has 1 aliphatic heterocycles. The highest BCUT2D eigenvalue weighted by atomic mass is 16.3. The van der Waals surface area contributed by atoms with E-state index < -0.39 is 5.60 Å². The molecule has 1 rings (SSSR count). The third kappa shape index (κ3) is 4.94. The third-order valence-electron chi connectivity index (χ3n) is 3.88. The molecule has 0 spiro atoms. The molecule has 0 amide bonds. The van der Waals surface area contributed by atoms with Crippen molar-refractivity contribution in [3.8, 4) is 0 Å². The van der Waals surface area contributed by atoms with Gasteiger partial charge in [0, 0.05) is 12.6 Å². The minimum absolute atomic E-state index is 0.237. The van der Waals surface area contributed by atoms with E-state index in [1.54, 1.807) is 0 Å². The molecule has 0 aromatic rings. The lowest BCUT2D eigenvalue weighted by Crippen LogP contribution is -2.57.